The molecule has 0 aliphatic carbocycles. The van der Waals surface area contributed by atoms with Crippen LogP contribution in [0.25, 0.3) is 0 Å². The molecule has 0 aromatic heterocycles. The molecular weight excluding hydrogens is 382 g/mol. The van der Waals surface area contributed by atoms with E-state index in [0.29, 0.717) is 0 Å². The second-order valence-corrected chi connectivity index (χ2v) is 14.7. The maximum atomic E-state index is 12.4. The molecule has 0 rings (SSSR count). The first kappa shape index (κ1) is 17.4. The van der Waals surface area contributed by atoms with Crippen LogP contribution in [-0.2, 0) is 0 Å². The van der Waals surface area contributed by atoms with Gasteiger partial charge in [0.1, 0.15) is 0 Å². The van der Waals surface area contributed by atoms with Gasteiger partial charge in [-0.25, -0.2) is 0 Å². The van der Waals surface area contributed by atoms with Gasteiger partial charge in [0, 0.05) is 0 Å². The van der Waals surface area contributed by atoms with Crippen LogP contribution >= 0.6 is 20.0 Å². The van der Waals surface area contributed by atoms with Crippen molar-refractivity contribution in [1.29, 1.82) is 0 Å². The van der Waals surface area contributed by atoms with Gasteiger partial charge in [0.15, 0.2) is 0 Å². The molecule has 0 aliphatic rings. The summed E-state index contributed by atoms with van der Waals surface area (Å²) >= 11 is -7.99. The summed E-state index contributed by atoms with van der Waals surface area (Å²) in [6.45, 7) is 0. The zero-order chi connectivity index (χ0) is 14.5. The number of hydrogen-bond donors (Lipinski definition) is 0. The van der Waals surface area contributed by atoms with Crippen molar-refractivity contribution in [2.24, 2.45) is 0 Å². The second kappa shape index (κ2) is 4.22. The Kier molecular flexibility index (Phi) is 4.33. The predicted molar refractivity (Wildman–Crippen MR) is 39.5 cm³/mol. The molecule has 0 amide bonds. The molecule has 0 N–H and O–H groups in total. The van der Waals surface area contributed by atoms with E-state index in [0.717, 1.165) is 0 Å². The molecule has 0 atom stereocenters. The molecule has 0 nitrogen and oxygen atoms in total. The molecule has 0 spiro atoms. The van der Waals surface area contributed by atoms with Crippen molar-refractivity contribution >= 4 is 31.4 Å². The van der Waals surface area contributed by atoms with Crippen LogP contribution in [0, 0.1) is 0 Å². The molecule has 0 saturated carbocycles. The van der Waals surface area contributed by atoms with Crippen molar-refractivity contribution in [2.75, 3.05) is 0 Å². The number of alkyl halides is 10. The molecule has 0 fully saturated rings. The van der Waals surface area contributed by atoms with Gasteiger partial charge < -0.3 is 0 Å². The van der Waals surface area contributed by atoms with Crippen LogP contribution in [-0.4, -0.2) is 33.3 Å². The summed E-state index contributed by atoms with van der Waals surface area (Å²) in [6, 6.07) is 0. The fourth-order valence-corrected chi connectivity index (χ4v) is 5.10. The molecule has 0 aliphatic heterocycles. The van der Waals surface area contributed by atoms with Gasteiger partial charge >= 0.3 is 97.2 Å². The van der Waals surface area contributed by atoms with Crippen LogP contribution in [0.4, 0.5) is 43.9 Å². The van der Waals surface area contributed by atoms with E-state index in [2.05, 4.69) is 20.0 Å². The molecule has 0 aromatic carbocycles. The Bertz CT molecular complexity index is 262. The summed E-state index contributed by atoms with van der Waals surface area (Å²) < 4.78 is 107. The van der Waals surface area contributed by atoms with Crippen LogP contribution in [0.3, 0.4) is 0 Å². The Morgan fingerprint density at radius 3 is 0.824 bits per heavy atom. The van der Waals surface area contributed by atoms with Gasteiger partial charge in [-0.3, -0.25) is 0 Å². The fraction of sp³-hybridized carbons (Fsp3) is 1.00. The van der Waals surface area contributed by atoms with Gasteiger partial charge in [-0.1, -0.05) is 0 Å². The predicted octanol–water partition coefficient (Wildman–Crippen LogP) is 4.38. The Hall–Kier alpha value is 0.423. The van der Waals surface area contributed by atoms with Gasteiger partial charge in [-0.2, -0.15) is 0 Å². The van der Waals surface area contributed by atoms with Crippen molar-refractivity contribution in [3.05, 3.63) is 0 Å². The molecule has 17 heavy (non-hydrogen) atoms. The Balaban J connectivity index is 5.73. The second-order valence-electron chi connectivity index (χ2n) is 2.72. The van der Waals surface area contributed by atoms with Crippen molar-refractivity contribution < 1.29 is 43.9 Å². The van der Waals surface area contributed by atoms with E-state index in [-0.39, 0.29) is 0 Å². The molecule has 0 radical (unpaired) electrons. The zero-order valence-electron chi connectivity index (χ0n) is 7.04. The van der Waals surface area contributed by atoms with Crippen LogP contribution in [0.1, 0.15) is 0 Å². The van der Waals surface area contributed by atoms with Crippen molar-refractivity contribution in [3.63, 3.8) is 0 Å². The number of halogens is 12. The summed E-state index contributed by atoms with van der Waals surface area (Å²) in [5.41, 5.74) is 0. The fourth-order valence-electron chi connectivity index (χ4n) is 0.553. The van der Waals surface area contributed by atoms with Crippen LogP contribution in [0.5, 0.6) is 0 Å². The van der Waals surface area contributed by atoms with Crippen molar-refractivity contribution in [2.45, 2.75) is 21.9 Å². The monoisotopic (exact) mass is 382 g/mol. The molecule has 0 saturated heterocycles. The van der Waals surface area contributed by atoms with Crippen LogP contribution < -0.4 is 0 Å². The van der Waals surface area contributed by atoms with Gasteiger partial charge in [0.05, 0.1) is 0 Å². The summed E-state index contributed by atoms with van der Waals surface area (Å²) in [6.07, 6.45) is -13.4. The van der Waals surface area contributed by atoms with Gasteiger partial charge in [-0.05, 0) is 0 Å². The maximum absolute atomic E-state index is 12.4. The first-order chi connectivity index (χ1) is 7.00. The van der Waals surface area contributed by atoms with E-state index < -0.39 is 33.3 Å². The van der Waals surface area contributed by atoms with E-state index >= 15 is 0 Å². The van der Waals surface area contributed by atoms with E-state index in [9.17, 15) is 43.9 Å². The summed E-state index contributed by atoms with van der Waals surface area (Å²) in [5.74, 6) is 0. The first-order valence-electron chi connectivity index (χ1n) is 3.27. The Morgan fingerprint density at radius 2 is 0.706 bits per heavy atom. The summed E-state index contributed by atoms with van der Waals surface area (Å²) in [4.78, 5) is 0. The third-order valence-electron chi connectivity index (χ3n) is 1.50. The number of hydrogen-bond acceptors (Lipinski definition) is 0. The third kappa shape index (κ3) is 2.58. The van der Waals surface area contributed by atoms with Crippen LogP contribution in [0.15, 0.2) is 0 Å². The minimum atomic E-state index is -7.99. The average Bonchev–Trinajstić information content (AvgIpc) is 1.98. The van der Waals surface area contributed by atoms with E-state index in [1.54, 1.807) is 0 Å². The number of rotatable bonds is 2. The molecule has 0 bridgehead atoms. The molecule has 13 heteroatoms. The van der Waals surface area contributed by atoms with E-state index in [1.807, 2.05) is 0 Å². The SMILES string of the molecule is FC(F)(F)[C](F)(F)[Ge]([Cl])([Cl])[C](F)(F)C(F)(F)F. The van der Waals surface area contributed by atoms with Gasteiger partial charge in [-0.15, -0.1) is 0 Å². The van der Waals surface area contributed by atoms with Gasteiger partial charge in [0.2, 0.25) is 0 Å². The Labute approximate surface area is 97.6 Å². The van der Waals surface area contributed by atoms with Crippen molar-refractivity contribution in [3.8, 4) is 0 Å². The Morgan fingerprint density at radius 1 is 0.529 bits per heavy atom. The van der Waals surface area contributed by atoms with Crippen LogP contribution in [0.2, 0.25) is 0 Å². The topological polar surface area (TPSA) is 0 Å². The molecular formula is C4Cl2F10Ge. The molecule has 0 heterocycles. The first-order valence-corrected chi connectivity index (χ1v) is 10.9. The van der Waals surface area contributed by atoms with Gasteiger partial charge in [0.25, 0.3) is 0 Å². The average molecular weight is 382 g/mol. The standard InChI is InChI=1S/C4Cl2F10Ge/c5-17(6,3(13,14)1(7,8)9)4(15,16)2(10,11)12. The van der Waals surface area contributed by atoms with Crippen molar-refractivity contribution in [1.82, 2.24) is 0 Å². The molecule has 0 aromatic rings. The normalized spacial score (nSPS) is 16.2. The zero-order valence-corrected chi connectivity index (χ0v) is 10.6. The quantitative estimate of drug-likeness (QED) is 0.492. The summed E-state index contributed by atoms with van der Waals surface area (Å²) in [5, 5.41) is 0. The molecule has 0 unspecified atom stereocenters. The van der Waals surface area contributed by atoms with E-state index in [1.165, 1.54) is 0 Å². The minimum absolute atomic E-state index is 4.10. The summed E-state index contributed by atoms with van der Waals surface area (Å²) in [7, 11) is 8.20. The third-order valence-corrected chi connectivity index (χ3v) is 10.9. The van der Waals surface area contributed by atoms with E-state index in [4.69, 9.17) is 0 Å². The molecule has 104 valence electrons.